The predicted octanol–water partition coefficient (Wildman–Crippen LogP) is 2.63. The lowest BCUT2D eigenvalue weighted by Gasteiger charge is -2.31. The third kappa shape index (κ3) is 3.79. The van der Waals surface area contributed by atoms with Gasteiger partial charge in [0.2, 0.25) is 0 Å². The highest BCUT2D eigenvalue weighted by molar-refractivity contribution is 7.89. The molecule has 1 saturated heterocycles. The maximum Gasteiger partial charge on any atom is 0.262 e. The summed E-state index contributed by atoms with van der Waals surface area (Å²) in [5, 5.41) is 0.181. The molecule has 1 atom stereocenters. The summed E-state index contributed by atoms with van der Waals surface area (Å²) >= 11 is 5.79. The standard InChI is InChI=1S/C14H24ClN3O2S/c1-3-8-17-11-14(16-12(17)2)21(19,20)18-9-4-5-13(10-18)6-7-15/h11,13H,3-10H2,1-2H3. The Morgan fingerprint density at radius 3 is 2.90 bits per heavy atom. The van der Waals surface area contributed by atoms with Crippen molar-refractivity contribution in [2.75, 3.05) is 19.0 Å². The van der Waals surface area contributed by atoms with Gasteiger partial charge in [-0.1, -0.05) is 6.92 Å². The lowest BCUT2D eigenvalue weighted by molar-refractivity contribution is 0.262. The zero-order chi connectivity index (χ0) is 15.5. The van der Waals surface area contributed by atoms with Crippen LogP contribution in [0.3, 0.4) is 0 Å². The van der Waals surface area contributed by atoms with Crippen molar-refractivity contribution in [2.24, 2.45) is 5.92 Å². The van der Waals surface area contributed by atoms with E-state index >= 15 is 0 Å². The number of nitrogens with zero attached hydrogens (tertiary/aromatic N) is 3. The molecule has 120 valence electrons. The zero-order valence-corrected chi connectivity index (χ0v) is 14.3. The lowest BCUT2D eigenvalue weighted by Crippen LogP contribution is -2.40. The van der Waals surface area contributed by atoms with Crippen molar-refractivity contribution in [3.05, 3.63) is 12.0 Å². The topological polar surface area (TPSA) is 55.2 Å². The Morgan fingerprint density at radius 2 is 2.24 bits per heavy atom. The summed E-state index contributed by atoms with van der Waals surface area (Å²) in [6.07, 6.45) is 5.45. The molecule has 0 aliphatic carbocycles. The maximum atomic E-state index is 12.7. The molecule has 0 spiro atoms. The molecular weight excluding hydrogens is 310 g/mol. The quantitative estimate of drug-likeness (QED) is 0.752. The molecule has 7 heteroatoms. The van der Waals surface area contributed by atoms with Crippen molar-refractivity contribution < 1.29 is 8.42 Å². The Hall–Kier alpha value is -0.590. The van der Waals surface area contributed by atoms with Crippen LogP contribution >= 0.6 is 11.6 Å². The zero-order valence-electron chi connectivity index (χ0n) is 12.8. The van der Waals surface area contributed by atoms with Crippen molar-refractivity contribution in [1.82, 2.24) is 13.9 Å². The molecule has 0 bridgehead atoms. The van der Waals surface area contributed by atoms with Crippen LogP contribution in [0.2, 0.25) is 0 Å². The van der Waals surface area contributed by atoms with E-state index in [1.807, 2.05) is 11.5 Å². The van der Waals surface area contributed by atoms with E-state index in [2.05, 4.69) is 11.9 Å². The van der Waals surface area contributed by atoms with Gasteiger partial charge >= 0.3 is 0 Å². The van der Waals surface area contributed by atoms with Gasteiger partial charge in [0.15, 0.2) is 5.03 Å². The molecule has 1 aromatic rings. The smallest absolute Gasteiger partial charge is 0.262 e. The minimum absolute atomic E-state index is 0.181. The molecule has 0 saturated carbocycles. The fourth-order valence-electron chi connectivity index (χ4n) is 2.84. The van der Waals surface area contributed by atoms with Crippen LogP contribution in [0.4, 0.5) is 0 Å². The summed E-state index contributed by atoms with van der Waals surface area (Å²) in [5.74, 6) is 1.71. The van der Waals surface area contributed by atoms with Crippen molar-refractivity contribution in [3.8, 4) is 0 Å². The highest BCUT2D eigenvalue weighted by Crippen LogP contribution is 2.25. The van der Waals surface area contributed by atoms with Crippen LogP contribution in [-0.2, 0) is 16.6 Å². The number of aryl methyl sites for hydroxylation is 2. The van der Waals surface area contributed by atoms with E-state index in [0.717, 1.165) is 38.1 Å². The molecule has 1 fully saturated rings. The first-order valence-electron chi connectivity index (χ1n) is 7.59. The van der Waals surface area contributed by atoms with Crippen LogP contribution in [0.1, 0.15) is 38.4 Å². The molecular formula is C14H24ClN3O2S. The Balaban J connectivity index is 2.19. The van der Waals surface area contributed by atoms with Gasteiger partial charge in [0.25, 0.3) is 10.0 Å². The van der Waals surface area contributed by atoms with Crippen molar-refractivity contribution in [2.45, 2.75) is 51.1 Å². The third-order valence-electron chi connectivity index (χ3n) is 4.02. The molecule has 2 rings (SSSR count). The number of piperidine rings is 1. The van der Waals surface area contributed by atoms with Crippen LogP contribution in [0.25, 0.3) is 0 Å². The van der Waals surface area contributed by atoms with Crippen LogP contribution in [0.5, 0.6) is 0 Å². The number of imidazole rings is 1. The van der Waals surface area contributed by atoms with Crippen LogP contribution in [0, 0.1) is 12.8 Å². The maximum absolute atomic E-state index is 12.7. The Morgan fingerprint density at radius 1 is 1.48 bits per heavy atom. The minimum atomic E-state index is -3.47. The Labute approximate surface area is 132 Å². The summed E-state index contributed by atoms with van der Waals surface area (Å²) in [7, 11) is -3.47. The first kappa shape index (κ1) is 16.8. The molecule has 21 heavy (non-hydrogen) atoms. The second kappa shape index (κ2) is 7.11. The molecule has 0 radical (unpaired) electrons. The van der Waals surface area contributed by atoms with Gasteiger partial charge in [-0.15, -0.1) is 11.6 Å². The first-order chi connectivity index (χ1) is 9.98. The average molecular weight is 334 g/mol. The normalized spacial score (nSPS) is 20.8. The van der Waals surface area contributed by atoms with Gasteiger partial charge in [0.1, 0.15) is 5.82 Å². The van der Waals surface area contributed by atoms with Crippen LogP contribution in [0.15, 0.2) is 11.2 Å². The molecule has 0 aromatic carbocycles. The van der Waals surface area contributed by atoms with E-state index < -0.39 is 10.0 Å². The van der Waals surface area contributed by atoms with Gasteiger partial charge in [-0.25, -0.2) is 13.4 Å². The largest absolute Gasteiger partial charge is 0.334 e. The molecule has 0 amide bonds. The fraction of sp³-hybridized carbons (Fsp3) is 0.786. The Bertz CT molecular complexity index is 569. The van der Waals surface area contributed by atoms with Gasteiger partial charge in [-0.05, 0) is 38.5 Å². The van der Waals surface area contributed by atoms with Gasteiger partial charge in [0.05, 0.1) is 0 Å². The highest BCUT2D eigenvalue weighted by Gasteiger charge is 2.31. The Kier molecular flexibility index (Phi) is 5.68. The van der Waals surface area contributed by atoms with Crippen LogP contribution < -0.4 is 0 Å². The van der Waals surface area contributed by atoms with Crippen LogP contribution in [-0.4, -0.2) is 41.2 Å². The molecule has 0 N–H and O–H groups in total. The van der Waals surface area contributed by atoms with E-state index in [0.29, 0.717) is 24.9 Å². The summed E-state index contributed by atoms with van der Waals surface area (Å²) < 4.78 is 28.9. The number of rotatable bonds is 6. The van der Waals surface area contributed by atoms with Gasteiger partial charge in [-0.2, -0.15) is 4.31 Å². The monoisotopic (exact) mass is 333 g/mol. The molecule has 5 nitrogen and oxygen atoms in total. The summed E-state index contributed by atoms with van der Waals surface area (Å²) in [6, 6.07) is 0. The number of halogens is 1. The lowest BCUT2D eigenvalue weighted by atomic mass is 9.97. The molecule has 1 aliphatic rings. The molecule has 1 aliphatic heterocycles. The number of hydrogen-bond donors (Lipinski definition) is 0. The van der Waals surface area contributed by atoms with Gasteiger partial charge in [0, 0.05) is 31.7 Å². The summed E-state index contributed by atoms with van der Waals surface area (Å²) in [4.78, 5) is 4.25. The second-order valence-corrected chi connectivity index (χ2v) is 7.93. The number of aromatic nitrogens is 2. The first-order valence-corrected chi connectivity index (χ1v) is 9.56. The SMILES string of the molecule is CCCn1cc(S(=O)(=O)N2CCCC(CCCl)C2)nc1C. The van der Waals surface area contributed by atoms with E-state index in [9.17, 15) is 8.42 Å². The van der Waals surface area contributed by atoms with Gasteiger partial charge in [-0.3, -0.25) is 0 Å². The number of sulfonamides is 1. The third-order valence-corrected chi connectivity index (χ3v) is 5.98. The van der Waals surface area contributed by atoms with E-state index in [1.165, 1.54) is 0 Å². The van der Waals surface area contributed by atoms with Crippen molar-refractivity contribution in [3.63, 3.8) is 0 Å². The molecule has 2 heterocycles. The summed E-state index contributed by atoms with van der Waals surface area (Å²) in [5.41, 5.74) is 0. The average Bonchev–Trinajstić information content (AvgIpc) is 2.82. The van der Waals surface area contributed by atoms with E-state index in [4.69, 9.17) is 11.6 Å². The number of alkyl halides is 1. The van der Waals surface area contributed by atoms with Crippen molar-refractivity contribution >= 4 is 21.6 Å². The molecule has 1 aromatic heterocycles. The fourth-order valence-corrected chi connectivity index (χ4v) is 4.70. The van der Waals surface area contributed by atoms with Gasteiger partial charge < -0.3 is 4.57 Å². The summed E-state index contributed by atoms with van der Waals surface area (Å²) in [6.45, 7) is 5.86. The minimum Gasteiger partial charge on any atom is -0.334 e. The number of hydrogen-bond acceptors (Lipinski definition) is 3. The van der Waals surface area contributed by atoms with E-state index in [1.54, 1.807) is 10.5 Å². The molecule has 1 unspecified atom stereocenters. The second-order valence-electron chi connectivity index (χ2n) is 5.67. The van der Waals surface area contributed by atoms with Crippen molar-refractivity contribution in [1.29, 1.82) is 0 Å². The predicted molar refractivity (Wildman–Crippen MR) is 84.1 cm³/mol. The van der Waals surface area contributed by atoms with E-state index in [-0.39, 0.29) is 5.03 Å². The highest BCUT2D eigenvalue weighted by atomic mass is 35.5.